The first-order valence-electron chi connectivity index (χ1n) is 7.58. The van der Waals surface area contributed by atoms with Crippen LogP contribution >= 0.6 is 11.6 Å². The summed E-state index contributed by atoms with van der Waals surface area (Å²) in [6.45, 7) is 2.37. The quantitative estimate of drug-likeness (QED) is 0.938. The molecule has 0 fully saturated rings. The SMILES string of the molecule is CN(C)c1ccc2c(c1)C(CN)N(Cc1ccccc1Cl)C2. The van der Waals surface area contributed by atoms with E-state index in [9.17, 15) is 0 Å². The summed E-state index contributed by atoms with van der Waals surface area (Å²) in [7, 11) is 4.13. The third-order valence-electron chi connectivity index (χ3n) is 4.37. The van der Waals surface area contributed by atoms with Crippen LogP contribution in [0.1, 0.15) is 22.7 Å². The Morgan fingerprint density at radius 1 is 1.23 bits per heavy atom. The van der Waals surface area contributed by atoms with Crippen molar-refractivity contribution in [1.29, 1.82) is 0 Å². The molecular weight excluding hydrogens is 294 g/mol. The third kappa shape index (κ3) is 2.84. The summed E-state index contributed by atoms with van der Waals surface area (Å²) in [5, 5.41) is 0.822. The van der Waals surface area contributed by atoms with E-state index in [0.29, 0.717) is 6.54 Å². The van der Waals surface area contributed by atoms with Crippen LogP contribution in [0.4, 0.5) is 5.69 Å². The topological polar surface area (TPSA) is 32.5 Å². The maximum Gasteiger partial charge on any atom is 0.0481 e. The Morgan fingerprint density at radius 3 is 2.68 bits per heavy atom. The van der Waals surface area contributed by atoms with Crippen molar-refractivity contribution in [3.8, 4) is 0 Å². The normalized spacial score (nSPS) is 17.5. The van der Waals surface area contributed by atoms with Gasteiger partial charge in [0.05, 0.1) is 0 Å². The van der Waals surface area contributed by atoms with Crippen LogP contribution in [-0.2, 0) is 13.1 Å². The minimum atomic E-state index is 0.256. The fourth-order valence-corrected chi connectivity index (χ4v) is 3.32. The highest BCUT2D eigenvalue weighted by Gasteiger charge is 2.29. The highest BCUT2D eigenvalue weighted by Crippen LogP contribution is 2.36. The van der Waals surface area contributed by atoms with Crippen molar-refractivity contribution >= 4 is 17.3 Å². The molecule has 2 aromatic rings. The fourth-order valence-electron chi connectivity index (χ4n) is 3.13. The Morgan fingerprint density at radius 2 is 2.00 bits per heavy atom. The van der Waals surface area contributed by atoms with Crippen LogP contribution in [0, 0.1) is 0 Å². The van der Waals surface area contributed by atoms with Gasteiger partial charge in [0, 0.05) is 50.5 Å². The van der Waals surface area contributed by atoms with Crippen LogP contribution < -0.4 is 10.6 Å². The van der Waals surface area contributed by atoms with Gasteiger partial charge in [-0.15, -0.1) is 0 Å². The monoisotopic (exact) mass is 315 g/mol. The Kier molecular flexibility index (Phi) is 4.39. The molecule has 0 amide bonds. The lowest BCUT2D eigenvalue weighted by Gasteiger charge is -2.24. The van der Waals surface area contributed by atoms with E-state index in [0.717, 1.165) is 23.7 Å². The summed E-state index contributed by atoms with van der Waals surface area (Å²) in [5.74, 6) is 0. The molecule has 1 aliphatic rings. The van der Waals surface area contributed by atoms with Gasteiger partial charge in [-0.3, -0.25) is 4.90 Å². The molecule has 4 heteroatoms. The van der Waals surface area contributed by atoms with Crippen LogP contribution in [0.2, 0.25) is 5.02 Å². The van der Waals surface area contributed by atoms with Crippen molar-refractivity contribution in [2.45, 2.75) is 19.1 Å². The van der Waals surface area contributed by atoms with Crippen LogP contribution in [0.5, 0.6) is 0 Å². The number of anilines is 1. The number of nitrogens with zero attached hydrogens (tertiary/aromatic N) is 2. The highest BCUT2D eigenvalue weighted by molar-refractivity contribution is 6.31. The maximum absolute atomic E-state index is 6.31. The molecule has 2 aromatic carbocycles. The first-order valence-corrected chi connectivity index (χ1v) is 7.95. The summed E-state index contributed by atoms with van der Waals surface area (Å²) in [6, 6.07) is 14.9. The van der Waals surface area contributed by atoms with Crippen molar-refractivity contribution in [3.63, 3.8) is 0 Å². The summed E-state index contributed by atoms with van der Waals surface area (Å²) in [4.78, 5) is 4.54. The largest absolute Gasteiger partial charge is 0.378 e. The molecule has 0 radical (unpaired) electrons. The molecule has 3 nitrogen and oxygen atoms in total. The Bertz CT molecular complexity index is 669. The second kappa shape index (κ2) is 6.29. The van der Waals surface area contributed by atoms with Gasteiger partial charge in [0.15, 0.2) is 0 Å². The lowest BCUT2D eigenvalue weighted by Crippen LogP contribution is -2.27. The number of benzene rings is 2. The van der Waals surface area contributed by atoms with Gasteiger partial charge < -0.3 is 10.6 Å². The van der Waals surface area contributed by atoms with Gasteiger partial charge in [-0.25, -0.2) is 0 Å². The molecule has 0 spiro atoms. The van der Waals surface area contributed by atoms with Gasteiger partial charge >= 0.3 is 0 Å². The van der Waals surface area contributed by atoms with Crippen molar-refractivity contribution in [2.75, 3.05) is 25.5 Å². The van der Waals surface area contributed by atoms with Crippen molar-refractivity contribution in [1.82, 2.24) is 4.90 Å². The molecule has 116 valence electrons. The van der Waals surface area contributed by atoms with Gasteiger partial charge in [0.1, 0.15) is 0 Å². The van der Waals surface area contributed by atoms with E-state index in [-0.39, 0.29) is 6.04 Å². The average Bonchev–Trinajstić information content (AvgIpc) is 2.85. The minimum Gasteiger partial charge on any atom is -0.378 e. The van der Waals surface area contributed by atoms with Crippen LogP contribution in [0.3, 0.4) is 0 Å². The zero-order chi connectivity index (χ0) is 15.7. The van der Waals surface area contributed by atoms with E-state index in [1.54, 1.807) is 0 Å². The number of rotatable bonds is 4. The molecule has 0 bridgehead atoms. The van der Waals surface area contributed by atoms with Gasteiger partial charge in [0.2, 0.25) is 0 Å². The van der Waals surface area contributed by atoms with Gasteiger partial charge in [-0.1, -0.05) is 35.9 Å². The summed E-state index contributed by atoms with van der Waals surface area (Å²) >= 11 is 6.31. The second-order valence-corrected chi connectivity index (χ2v) is 6.43. The van der Waals surface area contributed by atoms with E-state index in [4.69, 9.17) is 17.3 Å². The van der Waals surface area contributed by atoms with Gasteiger partial charge in [0.25, 0.3) is 0 Å². The van der Waals surface area contributed by atoms with Crippen molar-refractivity contribution in [3.05, 3.63) is 64.2 Å². The smallest absolute Gasteiger partial charge is 0.0481 e. The molecule has 0 saturated heterocycles. The number of fused-ring (bicyclic) bond motifs is 1. The van der Waals surface area contributed by atoms with E-state index in [2.05, 4.69) is 48.2 Å². The minimum absolute atomic E-state index is 0.256. The Hall–Kier alpha value is -1.55. The molecule has 1 unspecified atom stereocenters. The molecule has 22 heavy (non-hydrogen) atoms. The molecular formula is C18H22ClN3. The molecule has 0 aliphatic carbocycles. The van der Waals surface area contributed by atoms with Crippen LogP contribution in [0.15, 0.2) is 42.5 Å². The number of hydrogen-bond donors (Lipinski definition) is 1. The number of hydrogen-bond acceptors (Lipinski definition) is 3. The molecule has 1 atom stereocenters. The molecule has 1 heterocycles. The van der Waals surface area contributed by atoms with E-state index < -0.39 is 0 Å². The van der Waals surface area contributed by atoms with E-state index >= 15 is 0 Å². The van der Waals surface area contributed by atoms with Gasteiger partial charge in [-0.05, 0) is 34.9 Å². The Labute approximate surface area is 137 Å². The zero-order valence-electron chi connectivity index (χ0n) is 13.1. The van der Waals surface area contributed by atoms with Crippen LogP contribution in [0.25, 0.3) is 0 Å². The van der Waals surface area contributed by atoms with Crippen molar-refractivity contribution < 1.29 is 0 Å². The fraction of sp³-hybridized carbons (Fsp3) is 0.333. The predicted octanol–water partition coefficient (Wildman–Crippen LogP) is 3.42. The Balaban J connectivity index is 1.88. The van der Waals surface area contributed by atoms with E-state index in [1.807, 2.05) is 18.2 Å². The molecule has 1 aliphatic heterocycles. The zero-order valence-corrected chi connectivity index (χ0v) is 13.8. The maximum atomic E-state index is 6.31. The number of halogens is 1. The summed E-state index contributed by atoms with van der Waals surface area (Å²) < 4.78 is 0. The molecule has 0 saturated carbocycles. The first-order chi connectivity index (χ1) is 10.6. The number of nitrogens with two attached hydrogens (primary N) is 1. The van der Waals surface area contributed by atoms with Crippen molar-refractivity contribution in [2.24, 2.45) is 5.73 Å². The average molecular weight is 316 g/mol. The summed E-state index contributed by atoms with van der Waals surface area (Å²) in [5.41, 5.74) is 11.2. The first kappa shape index (κ1) is 15.3. The summed E-state index contributed by atoms with van der Waals surface area (Å²) in [6.07, 6.45) is 0. The highest BCUT2D eigenvalue weighted by atomic mass is 35.5. The third-order valence-corrected chi connectivity index (χ3v) is 4.74. The molecule has 0 aromatic heterocycles. The van der Waals surface area contributed by atoms with E-state index in [1.165, 1.54) is 16.8 Å². The van der Waals surface area contributed by atoms with Gasteiger partial charge in [-0.2, -0.15) is 0 Å². The standard InChI is InChI=1S/C18H22ClN3/c1-21(2)15-8-7-13-11-22(18(10-20)16(13)9-15)12-14-5-3-4-6-17(14)19/h3-9,18H,10-12,20H2,1-2H3. The second-order valence-electron chi connectivity index (χ2n) is 6.03. The molecule has 3 rings (SSSR count). The predicted molar refractivity (Wildman–Crippen MR) is 93.3 cm³/mol. The lowest BCUT2D eigenvalue weighted by molar-refractivity contribution is 0.211. The lowest BCUT2D eigenvalue weighted by atomic mass is 10.0. The molecule has 2 N–H and O–H groups in total. The van der Waals surface area contributed by atoms with Crippen LogP contribution in [-0.4, -0.2) is 25.5 Å².